The van der Waals surface area contributed by atoms with E-state index in [1.807, 2.05) is 19.1 Å². The van der Waals surface area contributed by atoms with Gasteiger partial charge in [-0.2, -0.15) is 0 Å². The highest BCUT2D eigenvalue weighted by Gasteiger charge is 2.06. The Bertz CT molecular complexity index is 272. The van der Waals surface area contributed by atoms with E-state index in [0.717, 1.165) is 28.7 Å². The predicted molar refractivity (Wildman–Crippen MR) is 57.6 cm³/mol. The van der Waals surface area contributed by atoms with E-state index in [1.54, 1.807) is 0 Å². The molecule has 0 radical (unpaired) electrons. The number of aliphatic imine (C=N–C) groups is 1. The first-order valence-corrected chi connectivity index (χ1v) is 4.78. The summed E-state index contributed by atoms with van der Waals surface area (Å²) < 4.78 is 0.925. The van der Waals surface area contributed by atoms with Crippen molar-refractivity contribution in [3.8, 4) is 0 Å². The molecule has 1 nitrogen and oxygen atoms in total. The Labute approximate surface area is 81.7 Å². The van der Waals surface area contributed by atoms with E-state index in [2.05, 4.69) is 33.6 Å². The van der Waals surface area contributed by atoms with Gasteiger partial charge in [0.2, 0.25) is 0 Å². The van der Waals surface area contributed by atoms with Gasteiger partial charge in [0.25, 0.3) is 0 Å². The molecule has 0 N–H and O–H groups in total. The molecule has 0 unspecified atom stereocenters. The number of allylic oxidation sites excluding steroid dienone is 4. The summed E-state index contributed by atoms with van der Waals surface area (Å²) in [4.78, 5) is 4.34. The fourth-order valence-corrected chi connectivity index (χ4v) is 1.53. The van der Waals surface area contributed by atoms with Gasteiger partial charge in [-0.05, 0) is 41.3 Å². The van der Waals surface area contributed by atoms with Crippen molar-refractivity contribution in [1.82, 2.24) is 0 Å². The van der Waals surface area contributed by atoms with Crippen LogP contribution in [0.2, 0.25) is 0 Å². The van der Waals surface area contributed by atoms with Crippen LogP contribution in [0.25, 0.3) is 0 Å². The molecule has 1 heterocycles. The fraction of sp³-hybridized carbons (Fsp3) is 0.300. The smallest absolute Gasteiger partial charge is 0.102 e. The van der Waals surface area contributed by atoms with Crippen LogP contribution in [0.4, 0.5) is 0 Å². The molecule has 0 amide bonds. The molecule has 64 valence electrons. The number of nitrogens with zero attached hydrogens (tertiary/aromatic N) is 1. The first kappa shape index (κ1) is 9.46. The summed E-state index contributed by atoms with van der Waals surface area (Å²) in [5.41, 5.74) is 2.10. The van der Waals surface area contributed by atoms with E-state index in [1.165, 1.54) is 0 Å². The van der Waals surface area contributed by atoms with Crippen molar-refractivity contribution in [2.24, 2.45) is 4.99 Å². The Hall–Kier alpha value is -0.630. The zero-order valence-corrected chi connectivity index (χ0v) is 8.76. The van der Waals surface area contributed by atoms with Crippen LogP contribution < -0.4 is 0 Å². The van der Waals surface area contributed by atoms with Gasteiger partial charge >= 0.3 is 0 Å². The average molecular weight is 226 g/mol. The molecule has 1 rings (SSSR count). The van der Waals surface area contributed by atoms with Crippen molar-refractivity contribution in [2.45, 2.75) is 19.8 Å². The maximum Gasteiger partial charge on any atom is 0.102 e. The first-order valence-electron chi connectivity index (χ1n) is 3.99. The van der Waals surface area contributed by atoms with Crippen LogP contribution in [0, 0.1) is 0 Å². The minimum absolute atomic E-state index is 0.925. The lowest BCUT2D eigenvalue weighted by atomic mass is 10.1. The molecule has 0 bridgehead atoms. The lowest BCUT2D eigenvalue weighted by Crippen LogP contribution is -2.02. The zero-order chi connectivity index (χ0) is 8.97. The summed E-state index contributed by atoms with van der Waals surface area (Å²) in [6, 6.07) is 0. The predicted octanol–water partition coefficient (Wildman–Crippen LogP) is 3.59. The molecule has 1 aliphatic rings. The summed E-state index contributed by atoms with van der Waals surface area (Å²) in [7, 11) is 0. The molecular formula is C10H12BrN. The second-order valence-corrected chi connectivity index (χ2v) is 3.46. The molecule has 0 atom stereocenters. The molecule has 12 heavy (non-hydrogen) atoms. The monoisotopic (exact) mass is 225 g/mol. The van der Waals surface area contributed by atoms with Crippen LogP contribution in [0.1, 0.15) is 19.8 Å². The topological polar surface area (TPSA) is 12.4 Å². The van der Waals surface area contributed by atoms with Gasteiger partial charge in [0.15, 0.2) is 0 Å². The lowest BCUT2D eigenvalue weighted by molar-refractivity contribution is 1.05. The first-order chi connectivity index (χ1) is 5.74. The van der Waals surface area contributed by atoms with Crippen molar-refractivity contribution in [1.29, 1.82) is 0 Å². The van der Waals surface area contributed by atoms with Gasteiger partial charge in [-0.3, -0.25) is 0 Å². The molecule has 0 spiro atoms. The lowest BCUT2D eigenvalue weighted by Gasteiger charge is -2.09. The summed E-state index contributed by atoms with van der Waals surface area (Å²) in [6.07, 6.45) is 8.10. The number of halogens is 1. The van der Waals surface area contributed by atoms with E-state index in [4.69, 9.17) is 0 Å². The van der Waals surface area contributed by atoms with Crippen LogP contribution in [0.5, 0.6) is 0 Å². The van der Waals surface area contributed by atoms with Crippen LogP contribution >= 0.6 is 15.9 Å². The van der Waals surface area contributed by atoms with Gasteiger partial charge in [0, 0.05) is 5.71 Å². The van der Waals surface area contributed by atoms with Crippen molar-refractivity contribution in [3.63, 3.8) is 0 Å². The Morgan fingerprint density at radius 1 is 1.75 bits per heavy atom. The number of rotatable bonds is 2. The number of hydrogen-bond donors (Lipinski definition) is 0. The van der Waals surface area contributed by atoms with Gasteiger partial charge in [-0.25, -0.2) is 4.99 Å². The Morgan fingerprint density at radius 3 is 3.08 bits per heavy atom. The standard InChI is InChI=1S/C10H12BrN/c1-3-5-8(2)9-6-4-7-10(11)12-9/h3,5,7H,2,4,6H2,1H3/b5-3-. The van der Waals surface area contributed by atoms with Crippen LogP contribution in [-0.4, -0.2) is 5.71 Å². The van der Waals surface area contributed by atoms with E-state index < -0.39 is 0 Å². The van der Waals surface area contributed by atoms with E-state index in [9.17, 15) is 0 Å². The Kier molecular flexibility index (Phi) is 3.48. The summed E-state index contributed by atoms with van der Waals surface area (Å²) >= 11 is 3.36. The Balaban J connectivity index is 2.76. The number of hydrogen-bond acceptors (Lipinski definition) is 1. The SMILES string of the molecule is C=C(/C=C\C)C1=NC(Br)=CCC1. The second kappa shape index (κ2) is 4.41. The van der Waals surface area contributed by atoms with Gasteiger partial charge in [0.05, 0.1) is 0 Å². The minimum atomic E-state index is 0.925. The molecule has 0 aromatic carbocycles. The summed E-state index contributed by atoms with van der Waals surface area (Å²) in [6.45, 7) is 5.92. The third-order valence-electron chi connectivity index (χ3n) is 1.67. The largest absolute Gasteiger partial charge is 0.246 e. The molecule has 0 saturated carbocycles. The van der Waals surface area contributed by atoms with E-state index in [0.29, 0.717) is 0 Å². The maximum atomic E-state index is 4.34. The fourth-order valence-electron chi connectivity index (χ4n) is 1.09. The minimum Gasteiger partial charge on any atom is -0.246 e. The van der Waals surface area contributed by atoms with Crippen molar-refractivity contribution < 1.29 is 0 Å². The zero-order valence-electron chi connectivity index (χ0n) is 7.18. The van der Waals surface area contributed by atoms with Gasteiger partial charge in [-0.1, -0.05) is 24.8 Å². The highest BCUT2D eigenvalue weighted by atomic mass is 79.9. The normalized spacial score (nSPS) is 17.5. The molecular weight excluding hydrogens is 214 g/mol. The molecule has 0 aliphatic carbocycles. The summed E-state index contributed by atoms with van der Waals surface area (Å²) in [5.74, 6) is 0. The van der Waals surface area contributed by atoms with E-state index in [-0.39, 0.29) is 0 Å². The second-order valence-electron chi connectivity index (χ2n) is 2.65. The molecule has 2 heteroatoms. The Morgan fingerprint density at radius 2 is 2.50 bits per heavy atom. The third-order valence-corrected chi connectivity index (χ3v) is 2.18. The van der Waals surface area contributed by atoms with Gasteiger partial charge in [-0.15, -0.1) is 0 Å². The molecule has 1 aliphatic heterocycles. The molecule has 0 aromatic rings. The maximum absolute atomic E-state index is 4.34. The van der Waals surface area contributed by atoms with Crippen molar-refractivity contribution >= 4 is 21.6 Å². The highest BCUT2D eigenvalue weighted by molar-refractivity contribution is 9.11. The van der Waals surface area contributed by atoms with Crippen LogP contribution in [0.3, 0.4) is 0 Å². The van der Waals surface area contributed by atoms with Crippen molar-refractivity contribution in [2.75, 3.05) is 0 Å². The third kappa shape index (κ3) is 2.45. The van der Waals surface area contributed by atoms with Crippen LogP contribution in [0.15, 0.2) is 40.0 Å². The quantitative estimate of drug-likeness (QED) is 0.504. The molecule has 0 saturated heterocycles. The van der Waals surface area contributed by atoms with Gasteiger partial charge < -0.3 is 0 Å². The molecule has 0 fully saturated rings. The molecule has 0 aromatic heterocycles. The highest BCUT2D eigenvalue weighted by Crippen LogP contribution is 2.19. The van der Waals surface area contributed by atoms with E-state index >= 15 is 0 Å². The van der Waals surface area contributed by atoms with Gasteiger partial charge in [0.1, 0.15) is 4.61 Å². The van der Waals surface area contributed by atoms with Crippen molar-refractivity contribution in [3.05, 3.63) is 35.0 Å². The van der Waals surface area contributed by atoms with Crippen LogP contribution in [-0.2, 0) is 0 Å². The summed E-state index contributed by atoms with van der Waals surface area (Å²) in [5, 5.41) is 0. The average Bonchev–Trinajstić information content (AvgIpc) is 2.05.